The zero-order chi connectivity index (χ0) is 21.1. The number of benzene rings is 1. The number of ether oxygens (including phenoxy) is 1. The number of hydrogen-bond donors (Lipinski definition) is 1. The van der Waals surface area contributed by atoms with Crippen molar-refractivity contribution in [2.75, 3.05) is 38.7 Å². The number of rotatable bonds is 8. The standard InChI is InChI=1S/C20H23N5O2.C2H6.H2/c1-3-25(8-9-27-2)14-20(26)24-19-11-18-10-15(4-5-16(18)12-21-19)17-6-7-22-23-13-17;1-2;/h4-7,10-13H,3,8-9,14H2,1-2H3,(H,21,24,26);1-2H3;1H. The Balaban J connectivity index is 0.00000146. The van der Waals surface area contributed by atoms with E-state index in [4.69, 9.17) is 4.74 Å². The van der Waals surface area contributed by atoms with Gasteiger partial charge in [-0.15, -0.1) is 0 Å². The van der Waals surface area contributed by atoms with Crippen LogP contribution in [0.1, 0.15) is 22.2 Å². The van der Waals surface area contributed by atoms with E-state index in [0.29, 0.717) is 19.0 Å². The van der Waals surface area contributed by atoms with E-state index in [-0.39, 0.29) is 7.33 Å². The third-order valence-electron chi connectivity index (χ3n) is 4.33. The molecule has 0 saturated carbocycles. The lowest BCUT2D eigenvalue weighted by Crippen LogP contribution is -2.35. The van der Waals surface area contributed by atoms with Gasteiger partial charge in [0.25, 0.3) is 0 Å². The number of carbonyl (C=O) groups is 1. The lowest BCUT2D eigenvalue weighted by molar-refractivity contribution is -0.117. The monoisotopic (exact) mass is 397 g/mol. The number of carbonyl (C=O) groups excluding carboxylic acids is 1. The van der Waals surface area contributed by atoms with Crippen molar-refractivity contribution >= 4 is 22.5 Å². The summed E-state index contributed by atoms with van der Waals surface area (Å²) in [5.74, 6) is 0.453. The molecule has 2 heterocycles. The van der Waals surface area contributed by atoms with Gasteiger partial charge < -0.3 is 10.1 Å². The van der Waals surface area contributed by atoms with Crippen molar-refractivity contribution in [3.05, 3.63) is 48.9 Å². The molecule has 1 N–H and O–H groups in total. The molecular formula is C22H31N5O2. The van der Waals surface area contributed by atoms with Crippen molar-refractivity contribution in [3.8, 4) is 11.1 Å². The van der Waals surface area contributed by atoms with Crippen LogP contribution < -0.4 is 5.32 Å². The molecule has 7 nitrogen and oxygen atoms in total. The second kappa shape index (κ2) is 11.8. The molecule has 0 aliphatic carbocycles. The predicted molar refractivity (Wildman–Crippen MR) is 119 cm³/mol. The van der Waals surface area contributed by atoms with Gasteiger partial charge in [0.2, 0.25) is 5.91 Å². The first-order valence-corrected chi connectivity index (χ1v) is 9.87. The van der Waals surface area contributed by atoms with Gasteiger partial charge in [0.05, 0.1) is 25.5 Å². The van der Waals surface area contributed by atoms with Crippen LogP contribution >= 0.6 is 0 Å². The molecule has 0 fully saturated rings. The Bertz CT molecular complexity index is 908. The van der Waals surface area contributed by atoms with Crippen molar-refractivity contribution in [3.63, 3.8) is 0 Å². The first-order chi connectivity index (χ1) is 14.2. The molecule has 0 spiro atoms. The topological polar surface area (TPSA) is 80.2 Å². The molecule has 3 aromatic rings. The smallest absolute Gasteiger partial charge is 0.239 e. The highest BCUT2D eigenvalue weighted by molar-refractivity contribution is 5.94. The number of fused-ring (bicyclic) bond motifs is 1. The molecule has 156 valence electrons. The van der Waals surface area contributed by atoms with E-state index in [2.05, 4.69) is 26.6 Å². The van der Waals surface area contributed by atoms with Crippen molar-refractivity contribution in [1.29, 1.82) is 0 Å². The number of nitrogens with one attached hydrogen (secondary N) is 1. The van der Waals surface area contributed by atoms with Gasteiger partial charge >= 0.3 is 0 Å². The summed E-state index contributed by atoms with van der Waals surface area (Å²) in [6.45, 7) is 8.43. The average molecular weight is 398 g/mol. The van der Waals surface area contributed by atoms with Gasteiger partial charge in [-0.2, -0.15) is 10.2 Å². The summed E-state index contributed by atoms with van der Waals surface area (Å²) in [7, 11) is 1.66. The van der Waals surface area contributed by atoms with E-state index < -0.39 is 0 Å². The van der Waals surface area contributed by atoms with Crippen LogP contribution in [-0.2, 0) is 9.53 Å². The molecule has 3 rings (SSSR count). The van der Waals surface area contributed by atoms with Crippen molar-refractivity contribution in [2.24, 2.45) is 0 Å². The summed E-state index contributed by atoms with van der Waals surface area (Å²) in [6, 6.07) is 9.89. The van der Waals surface area contributed by atoms with E-state index in [9.17, 15) is 4.79 Å². The maximum atomic E-state index is 12.3. The summed E-state index contributed by atoms with van der Waals surface area (Å²) < 4.78 is 5.08. The van der Waals surface area contributed by atoms with Gasteiger partial charge in [-0.3, -0.25) is 9.69 Å². The van der Waals surface area contributed by atoms with E-state index in [0.717, 1.165) is 35.0 Å². The second-order valence-corrected chi connectivity index (χ2v) is 6.17. The number of anilines is 1. The molecule has 0 bridgehead atoms. The van der Waals surface area contributed by atoms with Crippen molar-refractivity contribution in [2.45, 2.75) is 20.8 Å². The van der Waals surface area contributed by atoms with Crippen molar-refractivity contribution < 1.29 is 11.0 Å². The van der Waals surface area contributed by atoms with E-state index in [1.807, 2.05) is 49.9 Å². The predicted octanol–water partition coefficient (Wildman–Crippen LogP) is 3.87. The Morgan fingerprint density at radius 2 is 1.93 bits per heavy atom. The molecule has 0 atom stereocenters. The average Bonchev–Trinajstić information content (AvgIpc) is 2.78. The third-order valence-corrected chi connectivity index (χ3v) is 4.33. The van der Waals surface area contributed by atoms with Gasteiger partial charge in [-0.05, 0) is 35.7 Å². The molecular weight excluding hydrogens is 366 g/mol. The number of amides is 1. The van der Waals surface area contributed by atoms with Crippen LogP contribution in [0, 0.1) is 0 Å². The SMILES string of the molecule is CC.CCN(CCOC)CC(=O)Nc1cc2cc(-c3ccnnc3)ccc2cn1.[HH]. The third kappa shape index (κ3) is 6.58. The highest BCUT2D eigenvalue weighted by Crippen LogP contribution is 2.24. The number of aromatic nitrogens is 3. The van der Waals surface area contributed by atoms with Gasteiger partial charge in [-0.1, -0.05) is 32.9 Å². The first kappa shape index (κ1) is 22.4. The Hall–Kier alpha value is -2.90. The number of methoxy groups -OCH3 is 1. The number of pyridine rings is 1. The fourth-order valence-corrected chi connectivity index (χ4v) is 2.81. The summed E-state index contributed by atoms with van der Waals surface area (Å²) in [5, 5.41) is 12.6. The largest absolute Gasteiger partial charge is 0.383 e. The van der Waals surface area contributed by atoms with E-state index in [1.54, 1.807) is 25.7 Å². The van der Waals surface area contributed by atoms with Crippen LogP contribution in [-0.4, -0.2) is 59.3 Å². The lowest BCUT2D eigenvalue weighted by atomic mass is 10.0. The number of nitrogens with zero attached hydrogens (tertiary/aromatic N) is 4. The Morgan fingerprint density at radius 1 is 1.10 bits per heavy atom. The molecule has 2 aromatic heterocycles. The first-order valence-electron chi connectivity index (χ1n) is 9.87. The van der Waals surface area contributed by atoms with Gasteiger partial charge in [0.1, 0.15) is 5.82 Å². The van der Waals surface area contributed by atoms with Crippen LogP contribution in [0.5, 0.6) is 0 Å². The zero-order valence-electron chi connectivity index (χ0n) is 17.6. The van der Waals surface area contributed by atoms with Crippen LogP contribution in [0.4, 0.5) is 5.82 Å². The summed E-state index contributed by atoms with van der Waals surface area (Å²) in [5.41, 5.74) is 2.03. The maximum Gasteiger partial charge on any atom is 0.239 e. The second-order valence-electron chi connectivity index (χ2n) is 6.17. The van der Waals surface area contributed by atoms with E-state index in [1.165, 1.54) is 0 Å². The van der Waals surface area contributed by atoms with Crippen LogP contribution in [0.25, 0.3) is 21.9 Å². The number of hydrogen-bond acceptors (Lipinski definition) is 6. The molecule has 0 saturated heterocycles. The van der Waals surface area contributed by atoms with Crippen LogP contribution in [0.2, 0.25) is 0 Å². The lowest BCUT2D eigenvalue weighted by Gasteiger charge is -2.19. The minimum atomic E-state index is -0.0886. The minimum absolute atomic E-state index is 0. The molecule has 1 amide bonds. The minimum Gasteiger partial charge on any atom is -0.383 e. The fourth-order valence-electron chi connectivity index (χ4n) is 2.81. The maximum absolute atomic E-state index is 12.3. The molecule has 0 radical (unpaired) electrons. The Morgan fingerprint density at radius 3 is 2.62 bits per heavy atom. The molecule has 0 aliphatic heterocycles. The Labute approximate surface area is 173 Å². The molecule has 7 heteroatoms. The van der Waals surface area contributed by atoms with E-state index >= 15 is 0 Å². The molecule has 0 unspecified atom stereocenters. The van der Waals surface area contributed by atoms with Gasteiger partial charge in [0.15, 0.2) is 0 Å². The van der Waals surface area contributed by atoms with Crippen molar-refractivity contribution in [1.82, 2.24) is 20.1 Å². The summed E-state index contributed by atoms with van der Waals surface area (Å²) >= 11 is 0. The highest BCUT2D eigenvalue weighted by Gasteiger charge is 2.10. The van der Waals surface area contributed by atoms with Gasteiger partial charge in [-0.25, -0.2) is 4.98 Å². The normalized spacial score (nSPS) is 10.5. The van der Waals surface area contributed by atoms with Crippen LogP contribution in [0.15, 0.2) is 48.9 Å². The fraction of sp³-hybridized carbons (Fsp3) is 0.364. The quantitative estimate of drug-likeness (QED) is 0.621. The Kier molecular flexibility index (Phi) is 9.14. The summed E-state index contributed by atoms with van der Waals surface area (Å²) in [6.07, 6.45) is 5.16. The molecule has 29 heavy (non-hydrogen) atoms. The molecule has 1 aromatic carbocycles. The van der Waals surface area contributed by atoms with Gasteiger partial charge in [0, 0.05) is 32.2 Å². The number of likely N-dealkylation sites (N-methyl/N-ethyl adjacent to an activating group) is 1. The highest BCUT2D eigenvalue weighted by atomic mass is 16.5. The van der Waals surface area contributed by atoms with Crippen LogP contribution in [0.3, 0.4) is 0 Å². The summed E-state index contributed by atoms with van der Waals surface area (Å²) in [4.78, 5) is 18.7. The molecule has 0 aliphatic rings. The zero-order valence-corrected chi connectivity index (χ0v) is 17.6.